The minimum absolute atomic E-state index is 0.0663. The molecular weight excluding hydrogens is 306 g/mol. The molecule has 0 unspecified atom stereocenters. The van der Waals surface area contributed by atoms with Crippen LogP contribution in [-0.4, -0.2) is 49.3 Å². The van der Waals surface area contributed by atoms with Crippen LogP contribution in [0.2, 0.25) is 0 Å². The Labute approximate surface area is 144 Å². The summed E-state index contributed by atoms with van der Waals surface area (Å²) in [5.74, 6) is 1.72. The third kappa shape index (κ3) is 5.53. The number of nitrogens with zero attached hydrogens (tertiary/aromatic N) is 1. The molecule has 1 aromatic heterocycles. The number of hydrogen-bond acceptors (Lipinski definition) is 4. The van der Waals surface area contributed by atoms with Crippen LogP contribution in [0.1, 0.15) is 50.3 Å². The number of aryl methyl sites for hydroxylation is 2. The fourth-order valence-electron chi connectivity index (χ4n) is 3.38. The van der Waals surface area contributed by atoms with Gasteiger partial charge in [0, 0.05) is 31.7 Å². The van der Waals surface area contributed by atoms with E-state index in [0.29, 0.717) is 6.54 Å². The smallest absolute Gasteiger partial charge is 0.315 e. The lowest BCUT2D eigenvalue weighted by molar-refractivity contribution is -0.0679. The van der Waals surface area contributed by atoms with Crippen molar-refractivity contribution in [2.45, 2.75) is 59.3 Å². The molecule has 3 atom stereocenters. The zero-order valence-corrected chi connectivity index (χ0v) is 15.5. The summed E-state index contributed by atoms with van der Waals surface area (Å²) in [4.78, 5) is 14.4. The van der Waals surface area contributed by atoms with Crippen LogP contribution in [0, 0.1) is 13.8 Å². The van der Waals surface area contributed by atoms with Gasteiger partial charge in [-0.3, -0.25) is 4.90 Å². The van der Waals surface area contributed by atoms with E-state index in [2.05, 4.69) is 29.4 Å². The Balaban J connectivity index is 1.65. The fraction of sp³-hybridized carbons (Fsp3) is 0.722. The molecule has 0 aromatic carbocycles. The molecule has 1 fully saturated rings. The summed E-state index contributed by atoms with van der Waals surface area (Å²) in [5.41, 5.74) is 1.03. The first-order valence-electron chi connectivity index (χ1n) is 8.84. The number of carbonyl (C=O) groups is 1. The van der Waals surface area contributed by atoms with Crippen LogP contribution in [0.25, 0.3) is 0 Å². The average Bonchev–Trinajstić information content (AvgIpc) is 2.81. The first kappa shape index (κ1) is 18.8. The quantitative estimate of drug-likeness (QED) is 0.783. The number of furan rings is 1. The molecule has 0 bridgehead atoms. The van der Waals surface area contributed by atoms with Crippen LogP contribution in [0.3, 0.4) is 0 Å². The van der Waals surface area contributed by atoms with Crippen molar-refractivity contribution < 1.29 is 13.9 Å². The van der Waals surface area contributed by atoms with Crippen molar-refractivity contribution in [3.05, 3.63) is 23.2 Å². The summed E-state index contributed by atoms with van der Waals surface area (Å²) in [6.45, 7) is 13.6. The first-order chi connectivity index (χ1) is 11.3. The number of carbonyl (C=O) groups excluding carboxylic acids is 1. The van der Waals surface area contributed by atoms with Crippen LogP contribution in [0.5, 0.6) is 0 Å². The summed E-state index contributed by atoms with van der Waals surface area (Å²) in [6, 6.07) is 1.77. The minimum atomic E-state index is -0.135. The predicted molar refractivity (Wildman–Crippen MR) is 94.2 cm³/mol. The summed E-state index contributed by atoms with van der Waals surface area (Å²) in [6.07, 6.45) is 1.51. The Bertz CT molecular complexity index is 534. The molecule has 2 N–H and O–H groups in total. The average molecular weight is 337 g/mol. The topological polar surface area (TPSA) is 66.7 Å². The molecule has 0 saturated carbocycles. The highest BCUT2D eigenvalue weighted by Crippen LogP contribution is 2.20. The lowest BCUT2D eigenvalue weighted by Crippen LogP contribution is -2.46. The Kier molecular flexibility index (Phi) is 6.69. The first-order valence-corrected chi connectivity index (χ1v) is 8.84. The van der Waals surface area contributed by atoms with E-state index in [1.807, 2.05) is 26.8 Å². The van der Waals surface area contributed by atoms with Crippen molar-refractivity contribution in [2.75, 3.05) is 26.2 Å². The summed E-state index contributed by atoms with van der Waals surface area (Å²) in [5, 5.41) is 5.89. The molecule has 24 heavy (non-hydrogen) atoms. The number of rotatable bonds is 6. The van der Waals surface area contributed by atoms with Gasteiger partial charge in [0.2, 0.25) is 0 Å². The van der Waals surface area contributed by atoms with Gasteiger partial charge in [0.25, 0.3) is 0 Å². The van der Waals surface area contributed by atoms with E-state index in [-0.39, 0.29) is 24.3 Å². The van der Waals surface area contributed by atoms with Gasteiger partial charge in [-0.2, -0.15) is 0 Å². The second-order valence-corrected chi connectivity index (χ2v) is 6.86. The van der Waals surface area contributed by atoms with Gasteiger partial charge in [-0.1, -0.05) is 0 Å². The second kappa shape index (κ2) is 8.53. The van der Waals surface area contributed by atoms with E-state index < -0.39 is 0 Å². The third-order valence-corrected chi connectivity index (χ3v) is 4.33. The monoisotopic (exact) mass is 337 g/mol. The zero-order valence-electron chi connectivity index (χ0n) is 15.5. The van der Waals surface area contributed by atoms with E-state index in [0.717, 1.165) is 43.1 Å². The molecule has 0 spiro atoms. The van der Waals surface area contributed by atoms with E-state index >= 15 is 0 Å². The summed E-state index contributed by atoms with van der Waals surface area (Å²) < 4.78 is 11.2. The van der Waals surface area contributed by atoms with Crippen LogP contribution >= 0.6 is 0 Å². The molecule has 6 nitrogen and oxygen atoms in total. The molecule has 2 amide bonds. The van der Waals surface area contributed by atoms with Crippen LogP contribution in [-0.2, 0) is 4.74 Å². The van der Waals surface area contributed by atoms with Crippen LogP contribution < -0.4 is 10.6 Å². The van der Waals surface area contributed by atoms with Crippen molar-refractivity contribution in [1.29, 1.82) is 0 Å². The fourth-order valence-corrected chi connectivity index (χ4v) is 3.38. The van der Waals surface area contributed by atoms with Crippen LogP contribution in [0.15, 0.2) is 10.5 Å². The Morgan fingerprint density at radius 3 is 2.58 bits per heavy atom. The summed E-state index contributed by atoms with van der Waals surface area (Å²) in [7, 11) is 0. The highest BCUT2D eigenvalue weighted by Gasteiger charge is 2.21. The minimum Gasteiger partial charge on any atom is -0.466 e. The number of morpholine rings is 1. The van der Waals surface area contributed by atoms with Gasteiger partial charge in [-0.25, -0.2) is 4.79 Å². The zero-order chi connectivity index (χ0) is 17.7. The summed E-state index contributed by atoms with van der Waals surface area (Å²) >= 11 is 0. The highest BCUT2D eigenvalue weighted by molar-refractivity contribution is 5.74. The van der Waals surface area contributed by atoms with Crippen molar-refractivity contribution in [2.24, 2.45) is 0 Å². The van der Waals surface area contributed by atoms with Crippen LogP contribution in [0.4, 0.5) is 4.79 Å². The maximum Gasteiger partial charge on any atom is 0.315 e. The Morgan fingerprint density at radius 2 is 2.00 bits per heavy atom. The number of urea groups is 1. The van der Waals surface area contributed by atoms with Crippen molar-refractivity contribution >= 4 is 6.03 Å². The standard InChI is InChI=1S/C18H31N3O3/c1-12-9-17(16(5)24-12)15(4)20-18(22)19-7-6-8-21-10-13(2)23-14(3)11-21/h9,13-15H,6-8,10-11H2,1-5H3,(H2,19,20,22)/t13-,14-,15-/m0/s1. The van der Waals surface area contributed by atoms with Crippen molar-refractivity contribution in [3.63, 3.8) is 0 Å². The maximum absolute atomic E-state index is 12.0. The van der Waals surface area contributed by atoms with Gasteiger partial charge in [0.1, 0.15) is 11.5 Å². The van der Waals surface area contributed by atoms with Crippen molar-refractivity contribution in [3.8, 4) is 0 Å². The molecule has 136 valence electrons. The van der Waals surface area contributed by atoms with Crippen molar-refractivity contribution in [1.82, 2.24) is 15.5 Å². The maximum atomic E-state index is 12.0. The van der Waals surface area contributed by atoms with Gasteiger partial charge < -0.3 is 19.8 Å². The van der Waals surface area contributed by atoms with E-state index in [1.54, 1.807) is 0 Å². The Morgan fingerprint density at radius 1 is 1.33 bits per heavy atom. The number of amides is 2. The third-order valence-electron chi connectivity index (χ3n) is 4.33. The Hall–Kier alpha value is -1.53. The molecule has 1 aromatic rings. The molecule has 2 rings (SSSR count). The molecule has 0 radical (unpaired) electrons. The van der Waals surface area contributed by atoms with E-state index in [4.69, 9.17) is 9.15 Å². The van der Waals surface area contributed by atoms with E-state index in [9.17, 15) is 4.79 Å². The highest BCUT2D eigenvalue weighted by atomic mass is 16.5. The second-order valence-electron chi connectivity index (χ2n) is 6.86. The lowest BCUT2D eigenvalue weighted by atomic mass is 10.1. The molecular formula is C18H31N3O3. The van der Waals surface area contributed by atoms with Gasteiger partial charge in [-0.15, -0.1) is 0 Å². The number of nitrogens with one attached hydrogen (secondary N) is 2. The lowest BCUT2D eigenvalue weighted by Gasteiger charge is -2.35. The predicted octanol–water partition coefficient (Wildman–Crippen LogP) is 2.76. The van der Waals surface area contributed by atoms with Gasteiger partial charge >= 0.3 is 6.03 Å². The van der Waals surface area contributed by atoms with Gasteiger partial charge in [-0.05, 0) is 47.1 Å². The number of ether oxygens (including phenoxy) is 1. The molecule has 0 aliphatic carbocycles. The molecule has 1 aliphatic rings. The molecule has 1 saturated heterocycles. The molecule has 1 aliphatic heterocycles. The van der Waals surface area contributed by atoms with Gasteiger partial charge in [0.05, 0.1) is 18.2 Å². The molecule has 6 heteroatoms. The van der Waals surface area contributed by atoms with Gasteiger partial charge in [0.15, 0.2) is 0 Å². The largest absolute Gasteiger partial charge is 0.466 e. The number of hydrogen-bond donors (Lipinski definition) is 2. The normalized spacial score (nSPS) is 23.0. The molecule has 2 heterocycles. The van der Waals surface area contributed by atoms with E-state index in [1.165, 1.54) is 0 Å². The SMILES string of the molecule is Cc1cc([C@H](C)NC(=O)NCCCN2C[C@H](C)O[C@@H](C)C2)c(C)o1.